The number of nitrogens with one attached hydrogen (secondary N) is 1. The Balaban J connectivity index is 1.72. The van der Waals surface area contributed by atoms with Crippen molar-refractivity contribution >= 4 is 33.8 Å². The van der Waals surface area contributed by atoms with Gasteiger partial charge in [-0.05, 0) is 29.7 Å². The molecule has 2 heterocycles. The second kappa shape index (κ2) is 7.01. The summed E-state index contributed by atoms with van der Waals surface area (Å²) < 4.78 is 41.8. The summed E-state index contributed by atoms with van der Waals surface area (Å²) >= 11 is 0.939. The molecule has 0 aliphatic carbocycles. The van der Waals surface area contributed by atoms with Gasteiger partial charge in [-0.25, -0.2) is 0 Å². The molecule has 0 saturated carbocycles. The van der Waals surface area contributed by atoms with Gasteiger partial charge in [-0.15, -0.1) is 0 Å². The van der Waals surface area contributed by atoms with E-state index in [2.05, 4.69) is 5.32 Å². The summed E-state index contributed by atoms with van der Waals surface area (Å²) in [5, 5.41) is 2.21. The molecule has 1 unspecified atom stereocenters. The molecule has 3 aromatic rings. The molecular formula is C20H15F3N2O2S. The number of carbonyl (C=O) groups is 2. The number of alkyl halides is 3. The van der Waals surface area contributed by atoms with Gasteiger partial charge in [0.25, 0.3) is 5.24 Å². The zero-order valence-corrected chi connectivity index (χ0v) is 15.3. The molecule has 2 aromatic carbocycles. The fourth-order valence-corrected chi connectivity index (χ4v) is 4.31. The molecule has 1 fully saturated rings. The maximum absolute atomic E-state index is 13.3. The summed E-state index contributed by atoms with van der Waals surface area (Å²) in [6.07, 6.45) is -2.33. The van der Waals surface area contributed by atoms with E-state index in [4.69, 9.17) is 0 Å². The Morgan fingerprint density at radius 1 is 1.00 bits per heavy atom. The van der Waals surface area contributed by atoms with Crippen LogP contribution in [0.25, 0.3) is 10.9 Å². The average molecular weight is 404 g/mol. The number of thioether (sulfide) groups is 1. The Kier molecular flexibility index (Phi) is 4.66. The monoisotopic (exact) mass is 404 g/mol. The van der Waals surface area contributed by atoms with Crippen molar-refractivity contribution in [2.45, 2.75) is 24.4 Å². The van der Waals surface area contributed by atoms with Gasteiger partial charge in [0.15, 0.2) is 0 Å². The number of carbonyl (C=O) groups excluding carboxylic acids is 2. The van der Waals surface area contributed by atoms with Gasteiger partial charge in [0.1, 0.15) is 0 Å². The van der Waals surface area contributed by atoms with Crippen LogP contribution >= 0.6 is 11.8 Å². The Morgan fingerprint density at radius 2 is 1.71 bits per heavy atom. The van der Waals surface area contributed by atoms with Crippen LogP contribution in [-0.2, 0) is 23.9 Å². The zero-order valence-electron chi connectivity index (χ0n) is 14.5. The van der Waals surface area contributed by atoms with Gasteiger partial charge in [-0.1, -0.05) is 48.2 Å². The van der Waals surface area contributed by atoms with Crippen molar-refractivity contribution in [3.63, 3.8) is 0 Å². The number of aromatic nitrogens is 1. The molecule has 144 valence electrons. The maximum Gasteiger partial charge on any atom is 0.416 e. The van der Waals surface area contributed by atoms with Crippen LogP contribution in [0.5, 0.6) is 0 Å². The summed E-state index contributed by atoms with van der Waals surface area (Å²) in [4.78, 5) is 23.3. The molecule has 8 heteroatoms. The highest BCUT2D eigenvalue weighted by molar-refractivity contribution is 8.15. The van der Waals surface area contributed by atoms with E-state index in [1.54, 1.807) is 16.8 Å². The first-order valence-electron chi connectivity index (χ1n) is 8.56. The smallest absolute Gasteiger partial charge is 0.343 e. The number of para-hydroxylation sites is 1. The van der Waals surface area contributed by atoms with E-state index in [-0.39, 0.29) is 23.3 Å². The predicted molar refractivity (Wildman–Crippen MR) is 101 cm³/mol. The number of hydrogen-bond acceptors (Lipinski definition) is 3. The van der Waals surface area contributed by atoms with Crippen molar-refractivity contribution in [1.82, 2.24) is 9.88 Å². The third-order valence-corrected chi connectivity index (χ3v) is 5.69. The van der Waals surface area contributed by atoms with E-state index in [9.17, 15) is 22.8 Å². The summed E-state index contributed by atoms with van der Waals surface area (Å²) in [6.45, 7) is 0.0547. The van der Waals surface area contributed by atoms with Crippen molar-refractivity contribution in [1.29, 1.82) is 0 Å². The summed E-state index contributed by atoms with van der Waals surface area (Å²) in [7, 11) is 0. The van der Waals surface area contributed by atoms with Crippen LogP contribution in [-0.4, -0.2) is 21.0 Å². The Labute approximate surface area is 162 Å². The molecule has 0 spiro atoms. The maximum atomic E-state index is 13.3. The van der Waals surface area contributed by atoms with Crippen LogP contribution in [0.2, 0.25) is 0 Å². The molecular weight excluding hydrogens is 389 g/mol. The number of halogens is 3. The van der Waals surface area contributed by atoms with E-state index in [1.807, 2.05) is 24.3 Å². The minimum absolute atomic E-state index is 0.0547. The Hall–Kier alpha value is -2.74. The number of rotatable bonds is 4. The molecule has 1 aromatic heterocycles. The van der Waals surface area contributed by atoms with Gasteiger partial charge in [0.05, 0.1) is 10.8 Å². The number of nitrogens with zero attached hydrogens (tertiary/aromatic N) is 1. The number of imide groups is 1. The second-order valence-corrected chi connectivity index (χ2v) is 7.72. The molecule has 1 N–H and O–H groups in total. The zero-order chi connectivity index (χ0) is 19.9. The van der Waals surface area contributed by atoms with Crippen molar-refractivity contribution in [3.05, 3.63) is 71.4 Å². The summed E-state index contributed by atoms with van der Waals surface area (Å²) in [5.41, 5.74) is 1.11. The van der Waals surface area contributed by atoms with Crippen LogP contribution in [0, 0.1) is 0 Å². The van der Waals surface area contributed by atoms with E-state index >= 15 is 0 Å². The topological polar surface area (TPSA) is 51.1 Å². The van der Waals surface area contributed by atoms with Gasteiger partial charge in [0.2, 0.25) is 5.91 Å². The summed E-state index contributed by atoms with van der Waals surface area (Å²) in [6, 6.07) is 12.9. The van der Waals surface area contributed by atoms with E-state index < -0.39 is 17.0 Å². The first-order valence-corrected chi connectivity index (χ1v) is 9.44. The largest absolute Gasteiger partial charge is 0.416 e. The molecule has 2 amide bonds. The normalized spacial score (nSPS) is 17.3. The third kappa shape index (κ3) is 3.52. The van der Waals surface area contributed by atoms with Gasteiger partial charge < -0.3 is 4.57 Å². The van der Waals surface area contributed by atoms with Crippen LogP contribution < -0.4 is 5.32 Å². The standard InChI is InChI=1S/C20H15F3N2O2S/c21-20(22,23)15-7-3-1-5-12(15)10-25-11-13(14-6-2-4-8-16(14)25)9-17-18(26)24-19(27)28-17/h1-8,11,17H,9-10H2,(H,24,26,27). The molecule has 1 aliphatic heterocycles. The lowest BCUT2D eigenvalue weighted by Crippen LogP contribution is -2.25. The lowest BCUT2D eigenvalue weighted by Gasteiger charge is -2.13. The van der Waals surface area contributed by atoms with E-state index in [0.29, 0.717) is 6.42 Å². The van der Waals surface area contributed by atoms with E-state index in [0.717, 1.165) is 34.3 Å². The molecule has 28 heavy (non-hydrogen) atoms. The van der Waals surface area contributed by atoms with Gasteiger partial charge >= 0.3 is 6.18 Å². The second-order valence-electron chi connectivity index (χ2n) is 6.54. The average Bonchev–Trinajstić information content (AvgIpc) is 3.15. The molecule has 0 radical (unpaired) electrons. The van der Waals surface area contributed by atoms with Gasteiger partial charge in [-0.3, -0.25) is 14.9 Å². The minimum Gasteiger partial charge on any atom is -0.343 e. The number of benzene rings is 2. The number of amides is 2. The lowest BCUT2D eigenvalue weighted by atomic mass is 10.1. The van der Waals surface area contributed by atoms with Gasteiger partial charge in [0, 0.05) is 23.6 Å². The first kappa shape index (κ1) is 18.6. The highest BCUT2D eigenvalue weighted by Crippen LogP contribution is 2.33. The fourth-order valence-electron chi connectivity index (χ4n) is 3.46. The third-order valence-electron chi connectivity index (χ3n) is 4.71. The van der Waals surface area contributed by atoms with E-state index in [1.165, 1.54) is 12.1 Å². The van der Waals surface area contributed by atoms with Crippen molar-refractivity contribution in [2.24, 2.45) is 0 Å². The Bertz CT molecular complexity index is 1070. The molecule has 0 bridgehead atoms. The first-order chi connectivity index (χ1) is 13.3. The fraction of sp³-hybridized carbons (Fsp3) is 0.200. The van der Waals surface area contributed by atoms with Crippen molar-refractivity contribution < 1.29 is 22.8 Å². The van der Waals surface area contributed by atoms with Crippen LogP contribution in [0.1, 0.15) is 16.7 Å². The highest BCUT2D eigenvalue weighted by Gasteiger charge is 2.34. The van der Waals surface area contributed by atoms with Crippen LogP contribution in [0.15, 0.2) is 54.7 Å². The molecule has 4 nitrogen and oxygen atoms in total. The number of hydrogen-bond donors (Lipinski definition) is 1. The van der Waals surface area contributed by atoms with Crippen LogP contribution in [0.4, 0.5) is 18.0 Å². The van der Waals surface area contributed by atoms with Crippen molar-refractivity contribution in [2.75, 3.05) is 0 Å². The molecule has 1 aliphatic rings. The lowest BCUT2D eigenvalue weighted by molar-refractivity contribution is -0.138. The quantitative estimate of drug-likeness (QED) is 0.691. The summed E-state index contributed by atoms with van der Waals surface area (Å²) in [5.74, 6) is -0.339. The predicted octanol–water partition coefficient (Wildman–Crippen LogP) is 4.60. The van der Waals surface area contributed by atoms with Gasteiger partial charge in [-0.2, -0.15) is 13.2 Å². The van der Waals surface area contributed by atoms with Crippen molar-refractivity contribution in [3.8, 4) is 0 Å². The highest BCUT2D eigenvalue weighted by atomic mass is 32.2. The molecule has 1 saturated heterocycles. The molecule has 4 rings (SSSR count). The number of fused-ring (bicyclic) bond motifs is 1. The van der Waals surface area contributed by atoms with Crippen LogP contribution in [0.3, 0.4) is 0 Å². The minimum atomic E-state index is -4.43. The SMILES string of the molecule is O=C1NC(=O)C(Cc2cn(Cc3ccccc3C(F)(F)F)c3ccccc23)S1. The Morgan fingerprint density at radius 3 is 2.43 bits per heavy atom. The molecule has 1 atom stereocenters.